The van der Waals surface area contributed by atoms with Gasteiger partial charge in [0.2, 0.25) is 5.91 Å². The van der Waals surface area contributed by atoms with Gasteiger partial charge in [0.1, 0.15) is 17.7 Å². The van der Waals surface area contributed by atoms with E-state index in [1.54, 1.807) is 20.8 Å². The van der Waals surface area contributed by atoms with Gasteiger partial charge >= 0.3 is 12.1 Å². The zero-order valence-electron chi connectivity index (χ0n) is 16.6. The molecule has 1 aliphatic rings. The number of nitrogens with zero attached hydrogens (tertiary/aromatic N) is 1. The molecule has 2 amide bonds. The van der Waals surface area contributed by atoms with Gasteiger partial charge in [0.15, 0.2) is 0 Å². The number of aliphatic carboxylic acids is 1. The first-order chi connectivity index (χ1) is 12.5. The van der Waals surface area contributed by atoms with Crippen molar-refractivity contribution >= 4 is 18.0 Å². The van der Waals surface area contributed by atoms with E-state index >= 15 is 0 Å². The van der Waals surface area contributed by atoms with E-state index in [9.17, 15) is 19.5 Å². The summed E-state index contributed by atoms with van der Waals surface area (Å²) in [6, 6.07) is -2.18. The van der Waals surface area contributed by atoms with E-state index in [2.05, 4.69) is 11.9 Å². The molecular weight excluding hydrogens is 350 g/mol. The minimum absolute atomic E-state index is 0.165. The number of nitrogens with one attached hydrogen (secondary N) is 1. The molecule has 0 aromatic carbocycles. The van der Waals surface area contributed by atoms with E-state index < -0.39 is 35.7 Å². The van der Waals surface area contributed by atoms with Crippen LogP contribution in [0, 0.1) is 0 Å². The van der Waals surface area contributed by atoms with Gasteiger partial charge in [-0.15, -0.1) is 6.58 Å². The number of allylic oxidation sites excluding steroid dienone is 1. The van der Waals surface area contributed by atoms with Gasteiger partial charge in [-0.25, -0.2) is 9.59 Å². The van der Waals surface area contributed by atoms with Gasteiger partial charge in [-0.3, -0.25) is 4.79 Å². The van der Waals surface area contributed by atoms with Crippen LogP contribution in [0.4, 0.5) is 4.79 Å². The lowest BCUT2D eigenvalue weighted by Gasteiger charge is -2.28. The monoisotopic (exact) mass is 383 g/mol. The highest BCUT2D eigenvalue weighted by molar-refractivity contribution is 5.90. The molecule has 1 aliphatic heterocycles. The van der Waals surface area contributed by atoms with E-state index in [1.807, 2.05) is 6.08 Å². The Morgan fingerprint density at radius 3 is 2.56 bits per heavy atom. The lowest BCUT2D eigenvalue weighted by molar-refractivity contribution is -0.149. The number of carboxylic acid groups (broad SMARTS) is 1. The van der Waals surface area contributed by atoms with Crippen LogP contribution in [0.1, 0.15) is 59.3 Å². The van der Waals surface area contributed by atoms with Crippen molar-refractivity contribution in [2.45, 2.75) is 83.0 Å². The maximum absolute atomic E-state index is 12.9. The maximum Gasteiger partial charge on any atom is 0.408 e. The first-order valence-corrected chi connectivity index (χ1v) is 9.44. The van der Waals surface area contributed by atoms with Gasteiger partial charge in [0.25, 0.3) is 0 Å². The molecule has 0 bridgehead atoms. The van der Waals surface area contributed by atoms with Gasteiger partial charge in [-0.05, 0) is 46.5 Å². The average Bonchev–Trinajstić information content (AvgIpc) is 2.93. The SMILES string of the molecule is C=CCCCCC[C@H](NC(=O)OC(C)(C)C)C(=O)N1C[C@H](N)C[C@H]1C(=O)O. The zero-order valence-corrected chi connectivity index (χ0v) is 16.6. The van der Waals surface area contributed by atoms with Gasteiger partial charge in [-0.2, -0.15) is 0 Å². The second-order valence-corrected chi connectivity index (χ2v) is 7.97. The fraction of sp³-hybridized carbons (Fsp3) is 0.737. The molecule has 4 N–H and O–H groups in total. The molecular formula is C19H33N3O5. The third kappa shape index (κ3) is 7.99. The van der Waals surface area contributed by atoms with Crippen LogP contribution < -0.4 is 11.1 Å². The molecule has 0 saturated carbocycles. The number of ether oxygens (including phenoxy) is 1. The number of amides is 2. The Morgan fingerprint density at radius 1 is 1.33 bits per heavy atom. The fourth-order valence-electron chi connectivity index (χ4n) is 3.07. The van der Waals surface area contributed by atoms with Crippen molar-refractivity contribution in [3.63, 3.8) is 0 Å². The summed E-state index contributed by atoms with van der Waals surface area (Å²) >= 11 is 0. The molecule has 1 heterocycles. The summed E-state index contributed by atoms with van der Waals surface area (Å²) in [7, 11) is 0. The van der Waals surface area contributed by atoms with Crippen LogP contribution in [0.15, 0.2) is 12.7 Å². The summed E-state index contributed by atoms with van der Waals surface area (Å²) in [5.74, 6) is -1.51. The molecule has 1 fully saturated rings. The summed E-state index contributed by atoms with van der Waals surface area (Å²) in [5, 5.41) is 12.0. The third-order valence-electron chi connectivity index (χ3n) is 4.29. The molecule has 8 nitrogen and oxygen atoms in total. The second-order valence-electron chi connectivity index (χ2n) is 7.97. The number of hydrogen-bond donors (Lipinski definition) is 3. The molecule has 8 heteroatoms. The van der Waals surface area contributed by atoms with Crippen molar-refractivity contribution < 1.29 is 24.2 Å². The molecule has 3 atom stereocenters. The van der Waals surface area contributed by atoms with Crippen molar-refractivity contribution in [2.24, 2.45) is 5.73 Å². The highest BCUT2D eigenvalue weighted by Crippen LogP contribution is 2.20. The predicted octanol–water partition coefficient (Wildman–Crippen LogP) is 2.03. The number of alkyl carbamates (subject to hydrolysis) is 1. The maximum atomic E-state index is 12.9. The largest absolute Gasteiger partial charge is 0.480 e. The molecule has 0 spiro atoms. The molecule has 1 saturated heterocycles. The summed E-state index contributed by atoms with van der Waals surface area (Å²) in [5.41, 5.74) is 5.16. The predicted molar refractivity (Wildman–Crippen MR) is 102 cm³/mol. The standard InChI is InChI=1S/C19H33N3O5/c1-5-6-7-8-9-10-14(21-18(26)27-19(2,3)4)16(23)22-12-13(20)11-15(22)17(24)25/h5,13-15H,1,6-12,20H2,2-4H3,(H,21,26)(H,24,25)/t13-,14+,15+/m1/s1. The van der Waals surface area contributed by atoms with Crippen LogP contribution in [0.25, 0.3) is 0 Å². The number of unbranched alkanes of at least 4 members (excludes halogenated alkanes) is 3. The smallest absolute Gasteiger partial charge is 0.408 e. The molecule has 0 aliphatic carbocycles. The highest BCUT2D eigenvalue weighted by Gasteiger charge is 2.41. The van der Waals surface area contributed by atoms with Gasteiger partial charge in [0.05, 0.1) is 0 Å². The number of rotatable bonds is 9. The Bertz CT molecular complexity index is 544. The van der Waals surface area contributed by atoms with Crippen LogP contribution >= 0.6 is 0 Å². The topological polar surface area (TPSA) is 122 Å². The Balaban J connectivity index is 2.81. The molecule has 0 aromatic rings. The molecule has 27 heavy (non-hydrogen) atoms. The Labute approximate surface area is 161 Å². The molecule has 154 valence electrons. The third-order valence-corrected chi connectivity index (χ3v) is 4.29. The minimum Gasteiger partial charge on any atom is -0.480 e. The van der Waals surface area contributed by atoms with E-state index in [1.165, 1.54) is 4.90 Å². The van der Waals surface area contributed by atoms with Crippen LogP contribution in [0.5, 0.6) is 0 Å². The van der Waals surface area contributed by atoms with Gasteiger partial charge in [0, 0.05) is 12.6 Å². The number of carboxylic acids is 1. The van der Waals surface area contributed by atoms with Crippen molar-refractivity contribution in [2.75, 3.05) is 6.54 Å². The van der Waals surface area contributed by atoms with Crippen molar-refractivity contribution in [3.05, 3.63) is 12.7 Å². The van der Waals surface area contributed by atoms with Crippen molar-refractivity contribution in [3.8, 4) is 0 Å². The first kappa shape index (κ1) is 23.0. The number of carbonyl (C=O) groups excluding carboxylic acids is 2. The normalized spacial score (nSPS) is 20.8. The fourth-order valence-corrected chi connectivity index (χ4v) is 3.07. The first-order valence-electron chi connectivity index (χ1n) is 9.44. The van der Waals surface area contributed by atoms with Gasteiger partial charge < -0.3 is 25.8 Å². The number of likely N-dealkylation sites (tertiary alicyclic amines) is 1. The van der Waals surface area contributed by atoms with E-state index in [-0.39, 0.29) is 19.0 Å². The number of hydrogen-bond acceptors (Lipinski definition) is 5. The molecule has 0 radical (unpaired) electrons. The number of nitrogens with two attached hydrogens (primary N) is 1. The van der Waals surface area contributed by atoms with Crippen LogP contribution in [0.2, 0.25) is 0 Å². The zero-order chi connectivity index (χ0) is 20.6. The highest BCUT2D eigenvalue weighted by atomic mass is 16.6. The summed E-state index contributed by atoms with van der Waals surface area (Å²) in [6.45, 7) is 9.05. The second kappa shape index (κ2) is 10.3. The lowest BCUT2D eigenvalue weighted by atomic mass is 10.1. The average molecular weight is 383 g/mol. The number of carbonyl (C=O) groups is 3. The quantitative estimate of drug-likeness (QED) is 0.414. The van der Waals surface area contributed by atoms with Crippen molar-refractivity contribution in [1.29, 1.82) is 0 Å². The molecule has 1 rings (SSSR count). The van der Waals surface area contributed by atoms with Crippen molar-refractivity contribution in [1.82, 2.24) is 10.2 Å². The Kier molecular flexibility index (Phi) is 8.75. The summed E-state index contributed by atoms with van der Waals surface area (Å²) < 4.78 is 5.25. The summed E-state index contributed by atoms with van der Waals surface area (Å²) in [4.78, 5) is 37.8. The summed E-state index contributed by atoms with van der Waals surface area (Å²) in [6.07, 6.45) is 5.20. The minimum atomic E-state index is -1.08. The Hall–Kier alpha value is -2.09. The van der Waals surface area contributed by atoms with E-state index in [4.69, 9.17) is 10.5 Å². The van der Waals surface area contributed by atoms with Crippen LogP contribution in [-0.4, -0.2) is 58.2 Å². The van der Waals surface area contributed by atoms with Crippen LogP contribution in [-0.2, 0) is 14.3 Å². The van der Waals surface area contributed by atoms with Crippen LogP contribution in [0.3, 0.4) is 0 Å². The Morgan fingerprint density at radius 2 is 2.00 bits per heavy atom. The van der Waals surface area contributed by atoms with E-state index in [0.29, 0.717) is 6.42 Å². The molecule has 0 unspecified atom stereocenters. The van der Waals surface area contributed by atoms with Gasteiger partial charge in [-0.1, -0.05) is 18.9 Å². The lowest BCUT2D eigenvalue weighted by Crippen LogP contribution is -2.52. The van der Waals surface area contributed by atoms with E-state index in [0.717, 1.165) is 25.7 Å². The molecule has 0 aromatic heterocycles.